The van der Waals surface area contributed by atoms with Crippen molar-refractivity contribution in [1.82, 2.24) is 4.98 Å². The van der Waals surface area contributed by atoms with Crippen molar-refractivity contribution in [3.05, 3.63) is 24.5 Å². The highest BCUT2D eigenvalue weighted by atomic mass is 16.1. The topological polar surface area (TPSA) is 56.0 Å². The van der Waals surface area contributed by atoms with Crippen molar-refractivity contribution >= 4 is 11.5 Å². The Hall–Kier alpha value is -1.38. The lowest BCUT2D eigenvalue weighted by Gasteiger charge is -1.95. The Morgan fingerprint density at radius 3 is 2.36 bits per heavy atom. The Labute approximate surface area is 85.3 Å². The Balaban J connectivity index is 0.000000241. The van der Waals surface area contributed by atoms with E-state index in [2.05, 4.69) is 4.98 Å². The van der Waals surface area contributed by atoms with Gasteiger partial charge in [0.15, 0.2) is 0 Å². The molecular formula is C11H18N2O. The SMILES string of the molecule is CC(=O)CC(C)C.Nc1cccnc1. The number of nitrogen functional groups attached to an aromatic ring is 1. The largest absolute Gasteiger partial charge is 0.397 e. The molecule has 0 bridgehead atoms. The van der Waals surface area contributed by atoms with Gasteiger partial charge >= 0.3 is 0 Å². The number of aromatic nitrogens is 1. The molecule has 3 heteroatoms. The fourth-order valence-corrected chi connectivity index (χ4v) is 0.951. The molecule has 0 aliphatic carbocycles. The van der Waals surface area contributed by atoms with Gasteiger partial charge in [-0.15, -0.1) is 0 Å². The zero-order chi connectivity index (χ0) is 11.0. The number of nitrogens with zero attached hydrogens (tertiary/aromatic N) is 1. The van der Waals surface area contributed by atoms with Crippen LogP contribution in [-0.2, 0) is 4.79 Å². The van der Waals surface area contributed by atoms with Gasteiger partial charge in [-0.2, -0.15) is 0 Å². The molecule has 0 aliphatic heterocycles. The van der Waals surface area contributed by atoms with Crippen molar-refractivity contribution in [3.63, 3.8) is 0 Å². The number of anilines is 1. The molecule has 0 atom stereocenters. The maximum Gasteiger partial charge on any atom is 0.130 e. The van der Waals surface area contributed by atoms with Crippen molar-refractivity contribution in [1.29, 1.82) is 0 Å². The molecule has 0 unspecified atom stereocenters. The number of carbonyl (C=O) groups excluding carboxylic acids is 1. The monoisotopic (exact) mass is 194 g/mol. The number of nitrogens with two attached hydrogens (primary N) is 1. The third kappa shape index (κ3) is 8.71. The predicted octanol–water partition coefficient (Wildman–Crippen LogP) is 2.29. The van der Waals surface area contributed by atoms with E-state index in [4.69, 9.17) is 5.73 Å². The first-order valence-electron chi connectivity index (χ1n) is 4.67. The molecule has 2 N–H and O–H groups in total. The van der Waals surface area contributed by atoms with E-state index in [1.165, 1.54) is 0 Å². The molecule has 0 fully saturated rings. The second kappa shape index (κ2) is 7.06. The molecule has 0 aliphatic rings. The molecule has 1 aromatic heterocycles. The van der Waals surface area contributed by atoms with Gasteiger partial charge in [-0.1, -0.05) is 13.8 Å². The van der Waals surface area contributed by atoms with Crippen LogP contribution in [0.15, 0.2) is 24.5 Å². The molecule has 0 saturated heterocycles. The predicted molar refractivity (Wildman–Crippen MR) is 58.8 cm³/mol. The average Bonchev–Trinajstić information content (AvgIpc) is 2.03. The summed E-state index contributed by atoms with van der Waals surface area (Å²) >= 11 is 0. The summed E-state index contributed by atoms with van der Waals surface area (Å²) < 4.78 is 0. The molecule has 1 heterocycles. The quantitative estimate of drug-likeness (QED) is 0.785. The minimum atomic E-state index is 0.287. The van der Waals surface area contributed by atoms with E-state index in [9.17, 15) is 4.79 Å². The molecule has 78 valence electrons. The second-order valence-electron chi connectivity index (χ2n) is 3.59. The van der Waals surface area contributed by atoms with Crippen LogP contribution in [0.5, 0.6) is 0 Å². The molecule has 0 spiro atoms. The molecule has 0 radical (unpaired) electrons. The summed E-state index contributed by atoms with van der Waals surface area (Å²) in [5.41, 5.74) is 6.01. The highest BCUT2D eigenvalue weighted by molar-refractivity contribution is 5.75. The molecule has 14 heavy (non-hydrogen) atoms. The molecule has 0 saturated carbocycles. The van der Waals surface area contributed by atoms with Gasteiger partial charge in [0.05, 0.1) is 5.69 Å². The molecule has 1 rings (SSSR count). The first kappa shape index (κ1) is 12.6. The van der Waals surface area contributed by atoms with Crippen molar-refractivity contribution < 1.29 is 4.79 Å². The summed E-state index contributed by atoms with van der Waals surface area (Å²) in [6.45, 7) is 5.71. The van der Waals surface area contributed by atoms with Crippen LogP contribution in [0.1, 0.15) is 27.2 Å². The number of carbonyl (C=O) groups is 1. The second-order valence-corrected chi connectivity index (χ2v) is 3.59. The van der Waals surface area contributed by atoms with E-state index in [-0.39, 0.29) is 5.78 Å². The van der Waals surface area contributed by atoms with Gasteiger partial charge in [0.1, 0.15) is 5.78 Å². The van der Waals surface area contributed by atoms with Crippen molar-refractivity contribution in [2.24, 2.45) is 5.92 Å². The molecule has 3 nitrogen and oxygen atoms in total. The summed E-state index contributed by atoms with van der Waals surface area (Å²) in [7, 11) is 0. The molecule has 0 aromatic carbocycles. The van der Waals surface area contributed by atoms with E-state index < -0.39 is 0 Å². The summed E-state index contributed by atoms with van der Waals surface area (Å²) in [6.07, 6.45) is 4.02. The maximum atomic E-state index is 10.3. The molecule has 0 amide bonds. The van der Waals surface area contributed by atoms with E-state index in [1.807, 2.05) is 13.8 Å². The summed E-state index contributed by atoms with van der Waals surface area (Å²) in [5.74, 6) is 0.813. The fourth-order valence-electron chi connectivity index (χ4n) is 0.951. The van der Waals surface area contributed by atoms with Gasteiger partial charge in [0.2, 0.25) is 0 Å². The van der Waals surface area contributed by atoms with Crippen molar-refractivity contribution in [2.45, 2.75) is 27.2 Å². The first-order valence-corrected chi connectivity index (χ1v) is 4.67. The number of ketones is 1. The van der Waals surface area contributed by atoms with Crippen LogP contribution in [0.25, 0.3) is 0 Å². The van der Waals surface area contributed by atoms with Crippen molar-refractivity contribution in [3.8, 4) is 0 Å². The number of hydrogen-bond acceptors (Lipinski definition) is 3. The average molecular weight is 194 g/mol. The summed E-state index contributed by atoms with van der Waals surface area (Å²) in [4.78, 5) is 14.0. The number of pyridine rings is 1. The van der Waals surface area contributed by atoms with Crippen LogP contribution in [0.2, 0.25) is 0 Å². The zero-order valence-electron chi connectivity index (χ0n) is 9.03. The lowest BCUT2D eigenvalue weighted by molar-refractivity contribution is -0.117. The zero-order valence-corrected chi connectivity index (χ0v) is 9.03. The molecule has 1 aromatic rings. The Kier molecular flexibility index (Phi) is 6.37. The number of Topliss-reactive ketones (excluding diaryl/α,β-unsaturated/α-hetero) is 1. The van der Waals surface area contributed by atoms with Gasteiger partial charge < -0.3 is 10.5 Å². The summed E-state index contributed by atoms with van der Waals surface area (Å²) in [5, 5.41) is 0. The van der Waals surface area contributed by atoms with Crippen LogP contribution in [0.4, 0.5) is 5.69 Å². The van der Waals surface area contributed by atoms with Gasteiger partial charge in [-0.3, -0.25) is 4.98 Å². The minimum Gasteiger partial charge on any atom is -0.397 e. The van der Waals surface area contributed by atoms with Crippen LogP contribution in [-0.4, -0.2) is 10.8 Å². The number of rotatable bonds is 2. The van der Waals surface area contributed by atoms with Gasteiger partial charge in [0, 0.05) is 18.8 Å². The van der Waals surface area contributed by atoms with Gasteiger partial charge in [-0.05, 0) is 25.0 Å². The van der Waals surface area contributed by atoms with Crippen LogP contribution in [0, 0.1) is 5.92 Å². The fraction of sp³-hybridized carbons (Fsp3) is 0.455. The van der Waals surface area contributed by atoms with E-state index >= 15 is 0 Å². The Morgan fingerprint density at radius 1 is 1.57 bits per heavy atom. The standard InChI is InChI=1S/C6H12O.C5H6N2/c1-5(2)4-6(3)7;6-5-2-1-3-7-4-5/h5H,4H2,1-3H3;1-4H,6H2. The van der Waals surface area contributed by atoms with Crippen molar-refractivity contribution in [2.75, 3.05) is 5.73 Å². The first-order chi connectivity index (χ1) is 6.52. The third-order valence-corrected chi connectivity index (χ3v) is 1.38. The Bertz CT molecular complexity index is 257. The van der Waals surface area contributed by atoms with Crippen LogP contribution < -0.4 is 5.73 Å². The van der Waals surface area contributed by atoms with Gasteiger partial charge in [-0.25, -0.2) is 0 Å². The smallest absolute Gasteiger partial charge is 0.130 e. The normalized spacial score (nSPS) is 9.14. The van der Waals surface area contributed by atoms with E-state index in [1.54, 1.807) is 31.5 Å². The van der Waals surface area contributed by atoms with Crippen LogP contribution >= 0.6 is 0 Å². The highest BCUT2D eigenvalue weighted by Crippen LogP contribution is 1.97. The number of hydrogen-bond donors (Lipinski definition) is 1. The van der Waals surface area contributed by atoms with E-state index in [0.29, 0.717) is 11.6 Å². The minimum absolute atomic E-state index is 0.287. The maximum absolute atomic E-state index is 10.3. The van der Waals surface area contributed by atoms with Crippen LogP contribution in [0.3, 0.4) is 0 Å². The highest BCUT2D eigenvalue weighted by Gasteiger charge is 1.95. The molecular weight excluding hydrogens is 176 g/mol. The van der Waals surface area contributed by atoms with Gasteiger partial charge in [0.25, 0.3) is 0 Å². The lowest BCUT2D eigenvalue weighted by Crippen LogP contribution is -1.95. The third-order valence-electron chi connectivity index (χ3n) is 1.38. The van der Waals surface area contributed by atoms with E-state index in [0.717, 1.165) is 6.42 Å². The Morgan fingerprint density at radius 2 is 2.21 bits per heavy atom. The lowest BCUT2D eigenvalue weighted by atomic mass is 10.1. The summed E-state index contributed by atoms with van der Waals surface area (Å²) in [6, 6.07) is 3.60.